The molecule has 2 fully saturated rings. The fraction of sp³-hybridized carbons (Fsp3) is 1.00. The van der Waals surface area contributed by atoms with Gasteiger partial charge >= 0.3 is 0 Å². The van der Waals surface area contributed by atoms with Crippen LogP contribution < -0.4 is 0 Å². The Bertz CT molecular complexity index is 335. The molecule has 2 aliphatic rings. The highest BCUT2D eigenvalue weighted by molar-refractivity contribution is 7.90. The van der Waals surface area contributed by atoms with Gasteiger partial charge < -0.3 is 5.11 Å². The van der Waals surface area contributed by atoms with Crippen molar-refractivity contribution in [3.05, 3.63) is 0 Å². The predicted molar refractivity (Wildman–Crippen MR) is 53.4 cm³/mol. The highest BCUT2D eigenvalue weighted by atomic mass is 32.2. The summed E-state index contributed by atoms with van der Waals surface area (Å²) in [6.45, 7) is 4.11. The summed E-state index contributed by atoms with van der Waals surface area (Å²) in [5.41, 5.74) is -0.809. The molecule has 1 saturated carbocycles. The van der Waals surface area contributed by atoms with E-state index in [2.05, 4.69) is 0 Å². The topological polar surface area (TPSA) is 57.6 Å². The summed E-state index contributed by atoms with van der Waals surface area (Å²) >= 11 is 0. The van der Waals surface area contributed by atoms with Gasteiger partial charge in [0.1, 0.15) is 0 Å². The Balaban J connectivity index is 2.12. The van der Waals surface area contributed by atoms with Gasteiger partial charge in [-0.25, -0.2) is 8.42 Å². The Morgan fingerprint density at radius 2 is 1.86 bits per heavy atom. The first-order valence-electron chi connectivity index (χ1n) is 5.05. The average Bonchev–Trinajstić information content (AvgIpc) is 2.80. The first-order chi connectivity index (χ1) is 6.33. The minimum Gasteiger partial charge on any atom is -0.387 e. The molecule has 0 atom stereocenters. The lowest BCUT2D eigenvalue weighted by atomic mass is 10.0. The summed E-state index contributed by atoms with van der Waals surface area (Å²) in [5, 5.41) is 9.50. The van der Waals surface area contributed by atoms with Crippen LogP contribution in [-0.2, 0) is 10.0 Å². The van der Waals surface area contributed by atoms with Crippen LogP contribution in [0.25, 0.3) is 0 Å². The van der Waals surface area contributed by atoms with Gasteiger partial charge in [-0.3, -0.25) is 0 Å². The van der Waals surface area contributed by atoms with E-state index >= 15 is 0 Å². The fourth-order valence-electron chi connectivity index (χ4n) is 2.09. The van der Waals surface area contributed by atoms with Gasteiger partial charge in [0.2, 0.25) is 10.0 Å². The van der Waals surface area contributed by atoms with Gasteiger partial charge in [-0.1, -0.05) is 6.92 Å². The molecule has 0 unspecified atom stereocenters. The molecule has 0 amide bonds. The van der Waals surface area contributed by atoms with Gasteiger partial charge in [-0.2, -0.15) is 4.31 Å². The average molecular weight is 219 g/mol. The molecule has 0 radical (unpaired) electrons. The van der Waals surface area contributed by atoms with Gasteiger partial charge in [0.05, 0.1) is 10.3 Å². The van der Waals surface area contributed by atoms with Crippen molar-refractivity contribution in [2.45, 2.75) is 43.5 Å². The van der Waals surface area contributed by atoms with Crippen LogP contribution in [0.4, 0.5) is 0 Å². The van der Waals surface area contributed by atoms with E-state index in [9.17, 15) is 13.5 Å². The summed E-state index contributed by atoms with van der Waals surface area (Å²) in [6.07, 6.45) is 2.25. The maximum atomic E-state index is 12.0. The minimum absolute atomic E-state index is 0.261. The Hall–Kier alpha value is -0.130. The number of hydrogen-bond acceptors (Lipinski definition) is 3. The molecule has 0 bridgehead atoms. The summed E-state index contributed by atoms with van der Waals surface area (Å²) in [6, 6.07) is 0. The fourth-order valence-corrected chi connectivity index (χ4v) is 4.52. The van der Waals surface area contributed by atoms with Gasteiger partial charge in [0.15, 0.2) is 0 Å². The number of rotatable bonds is 3. The minimum atomic E-state index is -3.14. The zero-order valence-corrected chi connectivity index (χ0v) is 9.47. The first kappa shape index (κ1) is 10.4. The van der Waals surface area contributed by atoms with E-state index in [0.717, 1.165) is 12.8 Å². The number of sulfonamides is 1. The lowest BCUT2D eigenvalue weighted by Crippen LogP contribution is -2.63. The zero-order valence-electron chi connectivity index (χ0n) is 8.65. The second-order valence-electron chi connectivity index (χ2n) is 4.81. The van der Waals surface area contributed by atoms with Crippen molar-refractivity contribution in [1.82, 2.24) is 4.31 Å². The number of β-amino-alcohol motifs (C(OH)–C–C–N with tert-alkyl or cyclic N) is 1. The van der Waals surface area contributed by atoms with Gasteiger partial charge in [-0.15, -0.1) is 0 Å². The molecular formula is C9H17NO3S. The molecule has 1 aliphatic carbocycles. The summed E-state index contributed by atoms with van der Waals surface area (Å²) in [5.74, 6) is 0. The highest BCUT2D eigenvalue weighted by Crippen LogP contribution is 2.49. The van der Waals surface area contributed by atoms with Crippen molar-refractivity contribution in [3.8, 4) is 0 Å². The Morgan fingerprint density at radius 3 is 2.14 bits per heavy atom. The maximum Gasteiger partial charge on any atom is 0.220 e. The smallest absolute Gasteiger partial charge is 0.220 e. The van der Waals surface area contributed by atoms with E-state index in [1.54, 1.807) is 6.92 Å². The molecule has 1 aliphatic heterocycles. The SMILES string of the molecule is CCC1(S(=O)(=O)N2CC(C)(O)C2)CC1. The molecule has 0 aromatic carbocycles. The summed E-state index contributed by atoms with van der Waals surface area (Å²) < 4.78 is 25.0. The third-order valence-corrected chi connectivity index (χ3v) is 6.10. The highest BCUT2D eigenvalue weighted by Gasteiger charge is 2.58. The van der Waals surface area contributed by atoms with Gasteiger partial charge in [-0.05, 0) is 26.2 Å². The van der Waals surface area contributed by atoms with E-state index < -0.39 is 20.4 Å². The van der Waals surface area contributed by atoms with Crippen LogP contribution in [0.1, 0.15) is 33.1 Å². The van der Waals surface area contributed by atoms with Crippen molar-refractivity contribution in [2.24, 2.45) is 0 Å². The van der Waals surface area contributed by atoms with E-state index in [-0.39, 0.29) is 13.1 Å². The molecule has 1 saturated heterocycles. The van der Waals surface area contributed by atoms with Crippen LogP contribution in [0.15, 0.2) is 0 Å². The molecule has 0 aromatic rings. The molecule has 4 nitrogen and oxygen atoms in total. The molecule has 14 heavy (non-hydrogen) atoms. The van der Waals surface area contributed by atoms with E-state index in [4.69, 9.17) is 0 Å². The third-order valence-electron chi connectivity index (χ3n) is 3.37. The van der Waals surface area contributed by atoms with E-state index in [0.29, 0.717) is 6.42 Å². The van der Waals surface area contributed by atoms with Crippen LogP contribution in [0, 0.1) is 0 Å². The summed E-state index contributed by atoms with van der Waals surface area (Å²) in [7, 11) is -3.14. The maximum absolute atomic E-state index is 12.0. The Labute approximate surface area is 85.0 Å². The second kappa shape index (κ2) is 2.71. The normalized spacial score (nSPS) is 29.6. The molecule has 2 rings (SSSR count). The molecule has 0 aromatic heterocycles. The number of nitrogens with zero attached hydrogens (tertiary/aromatic N) is 1. The Kier molecular flexibility index (Phi) is 2.01. The van der Waals surface area contributed by atoms with E-state index in [1.165, 1.54) is 4.31 Å². The molecular weight excluding hydrogens is 202 g/mol. The van der Waals surface area contributed by atoms with Crippen molar-refractivity contribution < 1.29 is 13.5 Å². The van der Waals surface area contributed by atoms with Crippen LogP contribution in [0.2, 0.25) is 0 Å². The largest absolute Gasteiger partial charge is 0.387 e. The third kappa shape index (κ3) is 1.30. The molecule has 1 N–H and O–H groups in total. The van der Waals surface area contributed by atoms with Crippen LogP contribution in [-0.4, -0.2) is 41.3 Å². The lowest BCUT2D eigenvalue weighted by molar-refractivity contribution is -0.0432. The van der Waals surface area contributed by atoms with Crippen LogP contribution in [0.5, 0.6) is 0 Å². The predicted octanol–water partition coefficient (Wildman–Crippen LogP) is 0.325. The Morgan fingerprint density at radius 1 is 1.36 bits per heavy atom. The second-order valence-corrected chi connectivity index (χ2v) is 7.14. The lowest BCUT2D eigenvalue weighted by Gasteiger charge is -2.44. The number of hydrogen-bond donors (Lipinski definition) is 1. The van der Waals surface area contributed by atoms with E-state index in [1.807, 2.05) is 6.92 Å². The van der Waals surface area contributed by atoms with Crippen LogP contribution >= 0.6 is 0 Å². The number of aliphatic hydroxyl groups is 1. The quantitative estimate of drug-likeness (QED) is 0.744. The zero-order chi connectivity index (χ0) is 10.6. The van der Waals surface area contributed by atoms with Crippen molar-refractivity contribution in [2.75, 3.05) is 13.1 Å². The standard InChI is InChI=1S/C9H17NO3S/c1-3-9(4-5-9)14(12,13)10-6-8(2,11)7-10/h11H,3-7H2,1-2H3. The molecule has 0 spiro atoms. The molecule has 5 heteroatoms. The van der Waals surface area contributed by atoms with Crippen molar-refractivity contribution in [1.29, 1.82) is 0 Å². The monoisotopic (exact) mass is 219 g/mol. The van der Waals surface area contributed by atoms with Crippen molar-refractivity contribution >= 4 is 10.0 Å². The first-order valence-corrected chi connectivity index (χ1v) is 6.49. The molecule has 1 heterocycles. The summed E-state index contributed by atoms with van der Waals surface area (Å²) in [4.78, 5) is 0. The molecule has 82 valence electrons. The van der Waals surface area contributed by atoms with Crippen molar-refractivity contribution in [3.63, 3.8) is 0 Å². The van der Waals surface area contributed by atoms with Crippen LogP contribution in [0.3, 0.4) is 0 Å². The van der Waals surface area contributed by atoms with Gasteiger partial charge in [0, 0.05) is 13.1 Å². The van der Waals surface area contributed by atoms with Gasteiger partial charge in [0.25, 0.3) is 0 Å².